The molecule has 1 saturated heterocycles. The van der Waals surface area contributed by atoms with Gasteiger partial charge in [-0.1, -0.05) is 0 Å². The molecule has 2 aliphatic heterocycles. The summed E-state index contributed by atoms with van der Waals surface area (Å²) < 4.78 is 79.2. The van der Waals surface area contributed by atoms with Crippen LogP contribution in [0.3, 0.4) is 0 Å². The molecule has 13 heteroatoms. The van der Waals surface area contributed by atoms with Crippen LogP contribution in [-0.2, 0) is 23.0 Å². The van der Waals surface area contributed by atoms with E-state index in [1.165, 1.54) is 6.07 Å². The fraction of sp³-hybridized carbons (Fsp3) is 0.526. The minimum absolute atomic E-state index is 0.00736. The number of anilines is 2. The Kier molecular flexibility index (Phi) is 5.34. The van der Waals surface area contributed by atoms with Crippen molar-refractivity contribution in [2.75, 3.05) is 23.3 Å². The molecule has 32 heavy (non-hydrogen) atoms. The highest BCUT2D eigenvalue weighted by molar-refractivity contribution is 5.94. The predicted molar refractivity (Wildman–Crippen MR) is 99.7 cm³/mol. The molecular formula is C19H19F6N5O2. The molecule has 2 atom stereocenters. The Labute approximate surface area is 177 Å². The molecular weight excluding hydrogens is 444 g/mol. The molecule has 0 aliphatic carbocycles. The molecule has 2 unspecified atom stereocenters. The van der Waals surface area contributed by atoms with Gasteiger partial charge < -0.3 is 15.3 Å². The third-order valence-corrected chi connectivity index (χ3v) is 5.80. The summed E-state index contributed by atoms with van der Waals surface area (Å²) in [4.78, 5) is 17.3. The van der Waals surface area contributed by atoms with Crippen molar-refractivity contribution in [3.05, 3.63) is 35.2 Å². The largest absolute Gasteiger partial charge is 0.422 e. The number of amides is 1. The number of aliphatic hydroxyl groups is 1. The van der Waals surface area contributed by atoms with Crippen LogP contribution in [0.15, 0.2) is 18.3 Å². The molecule has 7 nitrogen and oxygen atoms in total. The Morgan fingerprint density at radius 2 is 1.97 bits per heavy atom. The van der Waals surface area contributed by atoms with Crippen LogP contribution in [-0.4, -0.2) is 45.5 Å². The second kappa shape index (κ2) is 7.64. The van der Waals surface area contributed by atoms with Gasteiger partial charge in [0.25, 0.3) is 0 Å². The maximum atomic E-state index is 13.6. The van der Waals surface area contributed by atoms with Gasteiger partial charge in [-0.05, 0) is 37.3 Å². The molecule has 2 aromatic heterocycles. The maximum Gasteiger partial charge on any atom is 0.422 e. The average molecular weight is 463 g/mol. The second-order valence-electron chi connectivity index (χ2n) is 8.06. The average Bonchev–Trinajstić information content (AvgIpc) is 3.09. The van der Waals surface area contributed by atoms with Crippen LogP contribution in [0.5, 0.6) is 0 Å². The van der Waals surface area contributed by atoms with Crippen LogP contribution in [0.4, 0.5) is 38.0 Å². The number of nitrogens with one attached hydrogen (secondary N) is 2. The molecule has 1 fully saturated rings. The van der Waals surface area contributed by atoms with Gasteiger partial charge in [-0.15, -0.1) is 0 Å². The molecule has 2 aliphatic rings. The van der Waals surface area contributed by atoms with E-state index in [2.05, 4.69) is 20.5 Å². The summed E-state index contributed by atoms with van der Waals surface area (Å²) in [6.07, 6.45) is -8.62. The summed E-state index contributed by atoms with van der Waals surface area (Å²) >= 11 is 0. The van der Waals surface area contributed by atoms with E-state index in [-0.39, 0.29) is 23.9 Å². The molecule has 0 radical (unpaired) electrons. The first-order valence-corrected chi connectivity index (χ1v) is 9.83. The molecule has 1 amide bonds. The van der Waals surface area contributed by atoms with Crippen LogP contribution in [0.25, 0.3) is 0 Å². The molecule has 3 N–H and O–H groups in total. The Morgan fingerprint density at radius 1 is 1.22 bits per heavy atom. The van der Waals surface area contributed by atoms with Gasteiger partial charge in [-0.2, -0.15) is 31.4 Å². The van der Waals surface area contributed by atoms with Crippen molar-refractivity contribution < 1.29 is 36.2 Å². The number of hydrogen-bond acceptors (Lipinski definition) is 5. The van der Waals surface area contributed by atoms with Crippen molar-refractivity contribution in [2.24, 2.45) is 5.92 Å². The number of carbonyl (C=O) groups excluding carboxylic acids is 1. The minimum Gasteiger partial charge on any atom is -0.376 e. The van der Waals surface area contributed by atoms with E-state index >= 15 is 0 Å². The molecule has 0 aromatic carbocycles. The zero-order valence-corrected chi connectivity index (χ0v) is 16.5. The van der Waals surface area contributed by atoms with E-state index in [0.29, 0.717) is 31.7 Å². The lowest BCUT2D eigenvalue weighted by molar-refractivity contribution is -0.267. The number of halogens is 6. The third kappa shape index (κ3) is 4.00. The van der Waals surface area contributed by atoms with Crippen LogP contribution in [0, 0.1) is 5.92 Å². The lowest BCUT2D eigenvalue weighted by atomic mass is 9.83. The standard InChI is InChI=1S/C19H19F6N5O2/c20-18(21,22)11-3-4-13(26-8-11)30-5-1-2-10(9-30)6-12-15-16(29-28-12)27-14(31)7-17(15,32)19(23,24)25/h3-4,8,10,32H,1-2,5-7,9H2,(H2,27,28,29,31). The minimum atomic E-state index is -5.08. The number of piperidine rings is 1. The van der Waals surface area contributed by atoms with Crippen molar-refractivity contribution >= 4 is 17.5 Å². The second-order valence-corrected chi connectivity index (χ2v) is 8.06. The Hall–Kier alpha value is -2.83. The van der Waals surface area contributed by atoms with Gasteiger partial charge in [0, 0.05) is 19.3 Å². The van der Waals surface area contributed by atoms with Crippen molar-refractivity contribution in [3.8, 4) is 0 Å². The number of H-pyrrole nitrogens is 1. The molecule has 174 valence electrons. The van der Waals surface area contributed by atoms with E-state index in [1.807, 2.05) is 0 Å². The summed E-state index contributed by atoms with van der Waals surface area (Å²) in [5, 5.41) is 18.9. The van der Waals surface area contributed by atoms with Crippen LogP contribution in [0.1, 0.15) is 36.1 Å². The molecule has 0 spiro atoms. The molecule has 2 aromatic rings. The number of alkyl halides is 6. The normalized spacial score (nSPS) is 24.3. The number of pyridine rings is 1. The maximum absolute atomic E-state index is 13.6. The summed E-state index contributed by atoms with van der Waals surface area (Å²) in [7, 11) is 0. The smallest absolute Gasteiger partial charge is 0.376 e. The summed E-state index contributed by atoms with van der Waals surface area (Å²) in [6, 6.07) is 2.20. The van der Waals surface area contributed by atoms with E-state index in [4.69, 9.17) is 0 Å². The first-order valence-electron chi connectivity index (χ1n) is 9.83. The number of rotatable bonds is 3. The monoisotopic (exact) mass is 463 g/mol. The van der Waals surface area contributed by atoms with Crippen molar-refractivity contribution in [1.82, 2.24) is 15.2 Å². The quantitative estimate of drug-likeness (QED) is 0.607. The van der Waals surface area contributed by atoms with Crippen LogP contribution in [0.2, 0.25) is 0 Å². The number of aromatic amines is 1. The highest BCUT2D eigenvalue weighted by Gasteiger charge is 2.60. The SMILES string of the molecule is O=C1CC(O)(C(F)(F)F)c2c(CC3CCCN(c4ccc(C(F)(F)F)cn4)C3)n[nH]c2N1. The van der Waals surface area contributed by atoms with E-state index in [1.54, 1.807) is 4.90 Å². The lowest BCUT2D eigenvalue weighted by Crippen LogP contribution is -2.48. The number of fused-ring (bicyclic) bond motifs is 1. The molecule has 0 bridgehead atoms. The number of aromatic nitrogens is 3. The van der Waals surface area contributed by atoms with Crippen LogP contribution >= 0.6 is 0 Å². The predicted octanol–water partition coefficient (Wildman–Crippen LogP) is 3.37. The van der Waals surface area contributed by atoms with Gasteiger partial charge in [0.05, 0.1) is 23.2 Å². The van der Waals surface area contributed by atoms with E-state index in [9.17, 15) is 36.2 Å². The Bertz CT molecular complexity index is 1000. The van der Waals surface area contributed by atoms with Gasteiger partial charge in [0.15, 0.2) is 5.60 Å². The van der Waals surface area contributed by atoms with E-state index < -0.39 is 41.4 Å². The van der Waals surface area contributed by atoms with Gasteiger partial charge in [0.1, 0.15) is 11.6 Å². The van der Waals surface area contributed by atoms with Crippen molar-refractivity contribution in [3.63, 3.8) is 0 Å². The third-order valence-electron chi connectivity index (χ3n) is 5.80. The topological polar surface area (TPSA) is 94.1 Å². The summed E-state index contributed by atoms with van der Waals surface area (Å²) in [6.45, 7) is 0.882. The number of carbonyl (C=O) groups is 1. The summed E-state index contributed by atoms with van der Waals surface area (Å²) in [5.41, 5.74) is -4.72. The van der Waals surface area contributed by atoms with Crippen LogP contribution < -0.4 is 10.2 Å². The number of hydrogen-bond donors (Lipinski definition) is 3. The van der Waals surface area contributed by atoms with Crippen molar-refractivity contribution in [2.45, 2.75) is 43.6 Å². The highest BCUT2D eigenvalue weighted by atomic mass is 19.4. The van der Waals surface area contributed by atoms with E-state index in [0.717, 1.165) is 12.3 Å². The Morgan fingerprint density at radius 3 is 2.59 bits per heavy atom. The highest BCUT2D eigenvalue weighted by Crippen LogP contribution is 2.48. The lowest BCUT2D eigenvalue weighted by Gasteiger charge is -2.36. The zero-order valence-electron chi connectivity index (χ0n) is 16.5. The molecule has 4 heterocycles. The summed E-state index contributed by atoms with van der Waals surface area (Å²) in [5.74, 6) is -1.11. The Balaban J connectivity index is 1.54. The van der Waals surface area contributed by atoms with Gasteiger partial charge in [0.2, 0.25) is 5.91 Å². The fourth-order valence-corrected chi connectivity index (χ4v) is 4.26. The van der Waals surface area contributed by atoms with Gasteiger partial charge >= 0.3 is 12.4 Å². The fourth-order valence-electron chi connectivity index (χ4n) is 4.26. The van der Waals surface area contributed by atoms with Crippen molar-refractivity contribution in [1.29, 1.82) is 0 Å². The zero-order chi connectivity index (χ0) is 23.3. The number of nitrogens with zero attached hydrogens (tertiary/aromatic N) is 3. The molecule has 4 rings (SSSR count). The molecule has 0 saturated carbocycles. The van der Waals surface area contributed by atoms with Gasteiger partial charge in [-0.3, -0.25) is 9.89 Å². The first-order chi connectivity index (χ1) is 14.9. The first kappa shape index (κ1) is 22.4. The van der Waals surface area contributed by atoms with Gasteiger partial charge in [-0.25, -0.2) is 4.98 Å².